The van der Waals surface area contributed by atoms with Crippen LogP contribution in [-0.2, 0) is 4.74 Å². The van der Waals surface area contributed by atoms with Crippen molar-refractivity contribution in [2.45, 2.75) is 0 Å². The van der Waals surface area contributed by atoms with Crippen LogP contribution in [0.3, 0.4) is 0 Å². The first-order valence-corrected chi connectivity index (χ1v) is 11.0. The number of halogens is 2. The van der Waals surface area contributed by atoms with Gasteiger partial charge in [0.1, 0.15) is 23.0 Å². The number of aromatic hydroxyl groups is 2. The van der Waals surface area contributed by atoms with Gasteiger partial charge in [-0.2, -0.15) is 0 Å². The molecule has 164 valence electrons. The zero-order valence-corrected chi connectivity index (χ0v) is 19.0. The summed E-state index contributed by atoms with van der Waals surface area (Å²) >= 11 is 12.4. The van der Waals surface area contributed by atoms with Crippen molar-refractivity contribution >= 4 is 46.9 Å². The summed E-state index contributed by atoms with van der Waals surface area (Å²) < 4.78 is 6.39. The van der Waals surface area contributed by atoms with Crippen LogP contribution in [0.15, 0.2) is 97.1 Å². The summed E-state index contributed by atoms with van der Waals surface area (Å²) in [4.78, 5) is 0. The zero-order chi connectivity index (χ0) is 23.2. The van der Waals surface area contributed by atoms with Crippen molar-refractivity contribution in [3.8, 4) is 11.5 Å². The molecule has 0 fully saturated rings. The number of hydrogen-bond acceptors (Lipinski definition) is 3. The molecule has 33 heavy (non-hydrogen) atoms. The molecule has 0 saturated heterocycles. The van der Waals surface area contributed by atoms with Crippen LogP contribution in [0, 0.1) is 0 Å². The van der Waals surface area contributed by atoms with Crippen LogP contribution in [0.4, 0.5) is 0 Å². The van der Waals surface area contributed by atoms with Crippen molar-refractivity contribution in [3.63, 3.8) is 0 Å². The summed E-state index contributed by atoms with van der Waals surface area (Å²) in [5.41, 5.74) is 2.54. The first kappa shape index (κ1) is 22.5. The Balaban J connectivity index is 1.89. The van der Waals surface area contributed by atoms with E-state index in [1.807, 2.05) is 60.7 Å². The molecule has 0 spiro atoms. The number of benzene rings is 4. The van der Waals surface area contributed by atoms with E-state index in [-0.39, 0.29) is 21.5 Å². The molecule has 0 aromatic heterocycles. The second-order valence-corrected chi connectivity index (χ2v) is 8.03. The molecule has 4 aromatic rings. The molecule has 4 rings (SSSR count). The highest BCUT2D eigenvalue weighted by molar-refractivity contribution is 6.32. The van der Waals surface area contributed by atoms with E-state index in [2.05, 4.69) is 0 Å². The van der Waals surface area contributed by atoms with Gasteiger partial charge in [0, 0.05) is 0 Å². The van der Waals surface area contributed by atoms with E-state index in [1.54, 1.807) is 48.6 Å². The molecule has 0 radical (unpaired) electrons. The van der Waals surface area contributed by atoms with Gasteiger partial charge in [-0.25, -0.2) is 0 Å². The Bertz CT molecular complexity index is 1210. The molecule has 0 bridgehead atoms. The van der Waals surface area contributed by atoms with Crippen molar-refractivity contribution in [1.82, 2.24) is 0 Å². The summed E-state index contributed by atoms with van der Waals surface area (Å²) in [5, 5.41) is 21.8. The van der Waals surface area contributed by atoms with Crippen molar-refractivity contribution in [1.29, 1.82) is 0 Å². The maximum atomic E-state index is 10.7. The average molecular weight is 475 g/mol. The molecule has 3 nitrogen and oxygen atoms in total. The van der Waals surface area contributed by atoms with Gasteiger partial charge in [0.25, 0.3) is 0 Å². The Morgan fingerprint density at radius 1 is 0.545 bits per heavy atom. The molecule has 2 N–H and O–H groups in total. The zero-order valence-electron chi connectivity index (χ0n) is 17.5. The number of hydrogen-bond donors (Lipinski definition) is 2. The van der Waals surface area contributed by atoms with E-state index in [0.717, 1.165) is 11.1 Å². The van der Waals surface area contributed by atoms with Crippen LogP contribution in [0.2, 0.25) is 10.0 Å². The SMILES string of the molecule is Oc1c(Cl)cccc1C(=Cc1ccccc1)OC(=Cc1ccccc1)c1cccc(Cl)c1O. The fraction of sp³-hybridized carbons (Fsp3) is 0. The molecule has 0 aliphatic heterocycles. The number of phenolic OH excluding ortho intramolecular Hbond substituents is 2. The topological polar surface area (TPSA) is 49.7 Å². The van der Waals surface area contributed by atoms with Crippen molar-refractivity contribution < 1.29 is 14.9 Å². The van der Waals surface area contributed by atoms with E-state index in [1.165, 1.54) is 0 Å². The standard InChI is InChI=1S/C28H20Cl2O3/c29-23-15-7-13-21(27(23)31)25(17-19-9-3-1-4-10-19)33-26(18-20-11-5-2-6-12-20)22-14-8-16-24(30)28(22)32/h1-18,31-32H. The molecule has 0 aliphatic carbocycles. The Morgan fingerprint density at radius 3 is 1.33 bits per heavy atom. The number of para-hydroxylation sites is 2. The lowest BCUT2D eigenvalue weighted by molar-refractivity contribution is 0.441. The third kappa shape index (κ3) is 5.40. The van der Waals surface area contributed by atoms with Gasteiger partial charge >= 0.3 is 0 Å². The largest absolute Gasteiger partial charge is 0.506 e. The monoisotopic (exact) mass is 474 g/mol. The lowest BCUT2D eigenvalue weighted by Crippen LogP contribution is -1.96. The van der Waals surface area contributed by atoms with E-state index < -0.39 is 0 Å². The molecule has 0 saturated carbocycles. The minimum Gasteiger partial charge on any atom is -0.506 e. The van der Waals surface area contributed by atoms with Crippen LogP contribution in [-0.4, -0.2) is 10.2 Å². The Morgan fingerprint density at radius 2 is 0.939 bits per heavy atom. The summed E-state index contributed by atoms with van der Waals surface area (Å²) in [6.07, 6.45) is 3.59. The third-order valence-electron chi connectivity index (χ3n) is 4.92. The van der Waals surface area contributed by atoms with Crippen LogP contribution in [0.1, 0.15) is 22.3 Å². The Kier molecular flexibility index (Phi) is 7.04. The quantitative estimate of drug-likeness (QED) is 0.219. The first-order chi connectivity index (χ1) is 16.0. The number of rotatable bonds is 6. The van der Waals surface area contributed by atoms with Gasteiger partial charge in [-0.1, -0.05) is 96.0 Å². The molecule has 5 heteroatoms. The summed E-state index contributed by atoms with van der Waals surface area (Å²) in [6, 6.07) is 29.2. The van der Waals surface area contributed by atoms with Gasteiger partial charge < -0.3 is 14.9 Å². The number of phenols is 2. The molecule has 0 amide bonds. The van der Waals surface area contributed by atoms with Crippen molar-refractivity contribution in [2.24, 2.45) is 0 Å². The van der Waals surface area contributed by atoms with Gasteiger partial charge in [-0.05, 0) is 47.5 Å². The van der Waals surface area contributed by atoms with Crippen LogP contribution in [0.5, 0.6) is 11.5 Å². The highest BCUT2D eigenvalue weighted by atomic mass is 35.5. The summed E-state index contributed by atoms with van der Waals surface area (Å²) in [6.45, 7) is 0. The Labute approximate surface area is 202 Å². The fourth-order valence-electron chi connectivity index (χ4n) is 3.27. The highest BCUT2D eigenvalue weighted by Crippen LogP contribution is 2.39. The normalized spacial score (nSPS) is 11.9. The van der Waals surface area contributed by atoms with Crippen LogP contribution < -0.4 is 0 Å². The van der Waals surface area contributed by atoms with Crippen molar-refractivity contribution in [2.75, 3.05) is 0 Å². The molecule has 0 aliphatic rings. The van der Waals surface area contributed by atoms with Crippen LogP contribution in [0.25, 0.3) is 23.7 Å². The lowest BCUT2D eigenvalue weighted by Gasteiger charge is -2.17. The van der Waals surface area contributed by atoms with E-state index in [9.17, 15) is 10.2 Å². The molecule has 4 aromatic carbocycles. The van der Waals surface area contributed by atoms with E-state index >= 15 is 0 Å². The predicted octanol–water partition coefficient (Wildman–Crippen LogP) is 8.12. The Hall–Kier alpha value is -3.66. The predicted molar refractivity (Wildman–Crippen MR) is 136 cm³/mol. The maximum absolute atomic E-state index is 10.7. The van der Waals surface area contributed by atoms with E-state index in [4.69, 9.17) is 27.9 Å². The summed E-state index contributed by atoms with van der Waals surface area (Å²) in [5.74, 6) is 0.497. The van der Waals surface area contributed by atoms with Gasteiger partial charge in [0.05, 0.1) is 21.2 Å². The van der Waals surface area contributed by atoms with Gasteiger partial charge in [0.2, 0.25) is 0 Å². The molecule has 0 unspecified atom stereocenters. The molecule has 0 atom stereocenters. The number of ether oxygens (including phenoxy) is 1. The lowest BCUT2D eigenvalue weighted by atomic mass is 10.1. The fourth-order valence-corrected chi connectivity index (χ4v) is 3.62. The van der Waals surface area contributed by atoms with E-state index in [0.29, 0.717) is 22.6 Å². The smallest absolute Gasteiger partial charge is 0.145 e. The van der Waals surface area contributed by atoms with Crippen LogP contribution >= 0.6 is 23.2 Å². The second kappa shape index (κ2) is 10.3. The summed E-state index contributed by atoms with van der Waals surface area (Å²) in [7, 11) is 0. The van der Waals surface area contributed by atoms with Gasteiger partial charge in [0.15, 0.2) is 0 Å². The minimum atomic E-state index is -0.101. The van der Waals surface area contributed by atoms with Crippen molar-refractivity contribution in [3.05, 3.63) is 129 Å². The minimum absolute atomic E-state index is 0.101. The second-order valence-electron chi connectivity index (χ2n) is 7.21. The average Bonchev–Trinajstić information content (AvgIpc) is 2.83. The molecular weight excluding hydrogens is 455 g/mol. The van der Waals surface area contributed by atoms with Gasteiger partial charge in [-0.15, -0.1) is 0 Å². The molecule has 0 heterocycles. The molecular formula is C28H20Cl2O3. The highest BCUT2D eigenvalue weighted by Gasteiger charge is 2.18. The third-order valence-corrected chi connectivity index (χ3v) is 5.53. The van der Waals surface area contributed by atoms with Gasteiger partial charge in [-0.3, -0.25) is 0 Å². The first-order valence-electron chi connectivity index (χ1n) is 10.2. The maximum Gasteiger partial charge on any atom is 0.145 e.